The van der Waals surface area contributed by atoms with Crippen LogP contribution in [0, 0.1) is 0 Å². The Hall–Kier alpha value is -0.810. The van der Waals surface area contributed by atoms with E-state index >= 15 is 0 Å². The summed E-state index contributed by atoms with van der Waals surface area (Å²) in [5.74, 6) is 0.545. The number of benzene rings is 1. The third kappa shape index (κ3) is 1.78. The molecule has 5 heteroatoms. The molecule has 0 atom stereocenters. The summed E-state index contributed by atoms with van der Waals surface area (Å²) in [6.45, 7) is 4.27. The minimum atomic E-state index is -0.0242. The van der Waals surface area contributed by atoms with Crippen LogP contribution in [0.25, 0.3) is 11.0 Å². The van der Waals surface area contributed by atoms with Crippen LogP contribution in [0.5, 0.6) is 0 Å². The molecule has 0 spiro atoms. The fourth-order valence-corrected chi connectivity index (χ4v) is 2.19. The van der Waals surface area contributed by atoms with Gasteiger partial charge < -0.3 is 10.3 Å². The summed E-state index contributed by atoms with van der Waals surface area (Å²) in [6, 6.07) is 6.24. The topological polar surface area (TPSA) is 43.8 Å². The second-order valence-corrected chi connectivity index (χ2v) is 6.09. The van der Waals surface area contributed by atoms with Crippen LogP contribution in [0.1, 0.15) is 19.4 Å². The molecule has 86 valence electrons. The summed E-state index contributed by atoms with van der Waals surface area (Å²) < 4.78 is 1.86. The van der Waals surface area contributed by atoms with Crippen LogP contribution in [0.4, 0.5) is 5.95 Å². The van der Waals surface area contributed by atoms with Crippen molar-refractivity contribution in [3.05, 3.63) is 23.8 Å². The first-order valence-corrected chi connectivity index (χ1v) is 6.87. The van der Waals surface area contributed by atoms with Gasteiger partial charge in [-0.3, -0.25) is 0 Å². The molecule has 0 aliphatic rings. The molecule has 3 nitrogen and oxygen atoms in total. The van der Waals surface area contributed by atoms with Crippen LogP contribution in [-0.2, 0) is 11.8 Å². The molecular weight excluding hydrogens is 238 g/mol. The Morgan fingerprint density at radius 3 is 2.75 bits per heavy atom. The standard InChI is InChI=1S/C11H15N3S2/c1-11(2,16-15)7-4-5-9-8(6-7)13-10(12)14(9)3/h4-6,15H,1-3H3,(H2,12,13). The number of nitrogens with two attached hydrogens (primary N) is 1. The number of nitrogen functional groups attached to an aromatic ring is 1. The molecule has 1 aromatic heterocycles. The number of hydrogen-bond donors (Lipinski definition) is 2. The van der Waals surface area contributed by atoms with Gasteiger partial charge in [0.15, 0.2) is 0 Å². The Morgan fingerprint density at radius 2 is 2.12 bits per heavy atom. The third-order valence-electron chi connectivity index (χ3n) is 2.84. The van der Waals surface area contributed by atoms with E-state index in [1.54, 1.807) is 0 Å². The SMILES string of the molecule is Cn1c(N)nc2cc(C(C)(C)SS)ccc21. The van der Waals surface area contributed by atoms with E-state index in [0.29, 0.717) is 5.95 Å². The van der Waals surface area contributed by atoms with Crippen LogP contribution >= 0.6 is 22.5 Å². The second kappa shape index (κ2) is 3.89. The number of aryl methyl sites for hydroxylation is 1. The highest BCUT2D eigenvalue weighted by Crippen LogP contribution is 2.38. The quantitative estimate of drug-likeness (QED) is 0.639. The van der Waals surface area contributed by atoms with Gasteiger partial charge in [0.1, 0.15) is 0 Å². The predicted molar refractivity (Wildman–Crippen MR) is 74.7 cm³/mol. The van der Waals surface area contributed by atoms with E-state index in [4.69, 9.17) is 5.73 Å². The summed E-state index contributed by atoms with van der Waals surface area (Å²) in [5, 5.41) is 0. The number of anilines is 1. The highest BCUT2D eigenvalue weighted by molar-refractivity contribution is 8.68. The van der Waals surface area contributed by atoms with Gasteiger partial charge in [-0.2, -0.15) is 0 Å². The minimum Gasteiger partial charge on any atom is -0.369 e. The Balaban J connectivity index is 2.61. The molecule has 1 heterocycles. The van der Waals surface area contributed by atoms with E-state index in [1.165, 1.54) is 16.4 Å². The van der Waals surface area contributed by atoms with E-state index in [2.05, 4.69) is 48.7 Å². The first-order chi connectivity index (χ1) is 7.45. The lowest BCUT2D eigenvalue weighted by molar-refractivity contribution is 0.791. The fraction of sp³-hybridized carbons (Fsp3) is 0.364. The molecule has 0 saturated carbocycles. The zero-order chi connectivity index (χ0) is 11.9. The van der Waals surface area contributed by atoms with Crippen molar-refractivity contribution in [2.45, 2.75) is 18.6 Å². The van der Waals surface area contributed by atoms with Crippen molar-refractivity contribution >= 4 is 39.4 Å². The van der Waals surface area contributed by atoms with Crippen LogP contribution in [0.15, 0.2) is 18.2 Å². The molecule has 2 N–H and O–H groups in total. The van der Waals surface area contributed by atoms with Gasteiger partial charge in [-0.1, -0.05) is 16.9 Å². The molecule has 0 aliphatic heterocycles. The van der Waals surface area contributed by atoms with Crippen molar-refractivity contribution in [3.63, 3.8) is 0 Å². The average molecular weight is 253 g/mol. The van der Waals surface area contributed by atoms with Crippen molar-refractivity contribution in [2.75, 3.05) is 5.73 Å². The van der Waals surface area contributed by atoms with Gasteiger partial charge in [0, 0.05) is 11.8 Å². The smallest absolute Gasteiger partial charge is 0.200 e. The van der Waals surface area contributed by atoms with E-state index < -0.39 is 0 Å². The molecule has 2 aromatic rings. The normalized spacial score (nSPS) is 12.2. The van der Waals surface area contributed by atoms with Crippen LogP contribution in [-0.4, -0.2) is 9.55 Å². The van der Waals surface area contributed by atoms with Gasteiger partial charge in [-0.05, 0) is 31.5 Å². The Kier molecular flexibility index (Phi) is 2.84. The number of nitrogens with zero attached hydrogens (tertiary/aromatic N) is 2. The maximum atomic E-state index is 5.78. The number of fused-ring (bicyclic) bond motifs is 1. The van der Waals surface area contributed by atoms with E-state index in [9.17, 15) is 0 Å². The Bertz CT molecular complexity index is 531. The molecular formula is C11H15N3S2. The largest absolute Gasteiger partial charge is 0.369 e. The molecule has 2 rings (SSSR count). The summed E-state index contributed by atoms with van der Waals surface area (Å²) in [4.78, 5) is 4.33. The van der Waals surface area contributed by atoms with Crippen LogP contribution in [0.2, 0.25) is 0 Å². The average Bonchev–Trinajstić information content (AvgIpc) is 2.54. The van der Waals surface area contributed by atoms with E-state index in [-0.39, 0.29) is 4.75 Å². The van der Waals surface area contributed by atoms with E-state index in [1.807, 2.05) is 11.6 Å². The molecule has 16 heavy (non-hydrogen) atoms. The maximum absolute atomic E-state index is 5.78. The van der Waals surface area contributed by atoms with Gasteiger partial charge in [0.25, 0.3) is 0 Å². The van der Waals surface area contributed by atoms with Gasteiger partial charge in [-0.25, -0.2) is 4.98 Å². The van der Waals surface area contributed by atoms with Crippen molar-refractivity contribution in [2.24, 2.45) is 7.05 Å². The number of hydrogen-bond acceptors (Lipinski definition) is 4. The number of aromatic nitrogens is 2. The molecule has 0 fully saturated rings. The molecule has 0 unspecified atom stereocenters. The number of rotatable bonds is 2. The second-order valence-electron chi connectivity index (χ2n) is 4.33. The lowest BCUT2D eigenvalue weighted by Crippen LogP contribution is -2.09. The van der Waals surface area contributed by atoms with Gasteiger partial charge in [-0.15, -0.1) is 11.7 Å². The molecule has 0 saturated heterocycles. The molecule has 0 bridgehead atoms. The molecule has 0 radical (unpaired) electrons. The van der Waals surface area contributed by atoms with Crippen molar-refractivity contribution < 1.29 is 0 Å². The Labute approximate surface area is 104 Å². The lowest BCUT2D eigenvalue weighted by atomic mass is 10.0. The third-order valence-corrected chi connectivity index (χ3v) is 4.90. The van der Waals surface area contributed by atoms with Crippen LogP contribution < -0.4 is 5.73 Å². The maximum Gasteiger partial charge on any atom is 0.200 e. The Morgan fingerprint density at radius 1 is 1.44 bits per heavy atom. The minimum absolute atomic E-state index is 0.0242. The summed E-state index contributed by atoms with van der Waals surface area (Å²) in [6.07, 6.45) is 0. The summed E-state index contributed by atoms with van der Waals surface area (Å²) in [5.41, 5.74) is 8.98. The highest BCUT2D eigenvalue weighted by Gasteiger charge is 2.20. The molecule has 0 aliphatic carbocycles. The van der Waals surface area contributed by atoms with E-state index in [0.717, 1.165) is 11.0 Å². The van der Waals surface area contributed by atoms with Crippen molar-refractivity contribution in [1.29, 1.82) is 0 Å². The fourth-order valence-electron chi connectivity index (χ4n) is 1.65. The van der Waals surface area contributed by atoms with Gasteiger partial charge >= 0.3 is 0 Å². The summed E-state index contributed by atoms with van der Waals surface area (Å²) >= 11 is 4.30. The number of imidazole rings is 1. The van der Waals surface area contributed by atoms with Crippen molar-refractivity contribution in [1.82, 2.24) is 9.55 Å². The molecule has 1 aromatic carbocycles. The monoisotopic (exact) mass is 253 g/mol. The summed E-state index contributed by atoms with van der Waals surface area (Å²) in [7, 11) is 3.45. The number of thiol groups is 1. The zero-order valence-electron chi connectivity index (χ0n) is 9.56. The first kappa shape index (κ1) is 11.7. The predicted octanol–water partition coefficient (Wildman–Crippen LogP) is 2.97. The first-order valence-electron chi connectivity index (χ1n) is 5.01. The van der Waals surface area contributed by atoms with Crippen LogP contribution in [0.3, 0.4) is 0 Å². The van der Waals surface area contributed by atoms with Gasteiger partial charge in [0.2, 0.25) is 5.95 Å². The lowest BCUT2D eigenvalue weighted by Gasteiger charge is -2.21. The zero-order valence-corrected chi connectivity index (χ0v) is 11.3. The molecule has 0 amide bonds. The van der Waals surface area contributed by atoms with Crippen molar-refractivity contribution in [3.8, 4) is 0 Å². The van der Waals surface area contributed by atoms with Gasteiger partial charge in [0.05, 0.1) is 11.0 Å². The highest BCUT2D eigenvalue weighted by atomic mass is 33.1.